The first-order valence-electron chi connectivity index (χ1n) is 11.6. The van der Waals surface area contributed by atoms with Crippen LogP contribution in [0.4, 0.5) is 4.39 Å². The molecule has 1 aromatic heterocycles. The molecule has 2 heterocycles. The number of ether oxygens (including phenoxy) is 1. The Kier molecular flexibility index (Phi) is 5.99. The SMILES string of the molecule is CC(OCC1(c2ccc(F)cc2)CCN(C)CC1)c1cc(Cl)cc2cn(CC3CC3)nc12. The first kappa shape index (κ1) is 21.9. The van der Waals surface area contributed by atoms with Crippen molar-refractivity contribution < 1.29 is 9.13 Å². The topological polar surface area (TPSA) is 30.3 Å². The van der Waals surface area contributed by atoms with E-state index < -0.39 is 0 Å². The van der Waals surface area contributed by atoms with Gasteiger partial charge in [-0.2, -0.15) is 5.10 Å². The molecule has 1 atom stereocenters. The molecule has 5 rings (SSSR count). The molecule has 1 saturated heterocycles. The van der Waals surface area contributed by atoms with E-state index in [1.165, 1.54) is 12.8 Å². The van der Waals surface area contributed by atoms with E-state index in [1.807, 2.05) is 24.3 Å². The highest BCUT2D eigenvalue weighted by Crippen LogP contribution is 2.38. The number of piperidine rings is 1. The number of aromatic nitrogens is 2. The van der Waals surface area contributed by atoms with Gasteiger partial charge in [-0.05, 0) is 88.5 Å². The van der Waals surface area contributed by atoms with Gasteiger partial charge in [0.1, 0.15) is 5.82 Å². The standard InChI is InChI=1S/C26H31ClFN3O/c1-18(24-14-22(27)13-20-16-31(29-25(20)24)15-19-3-4-19)32-17-26(9-11-30(2)12-10-26)21-5-7-23(28)8-6-21/h5-8,13-14,16,18-19H,3-4,9-12,15,17H2,1-2H3. The van der Waals surface area contributed by atoms with Crippen LogP contribution in [-0.4, -0.2) is 41.4 Å². The van der Waals surface area contributed by atoms with Gasteiger partial charge in [0.25, 0.3) is 0 Å². The van der Waals surface area contributed by atoms with Crippen molar-refractivity contribution in [2.45, 2.75) is 50.7 Å². The van der Waals surface area contributed by atoms with Gasteiger partial charge in [-0.1, -0.05) is 23.7 Å². The lowest BCUT2D eigenvalue weighted by Crippen LogP contribution is -2.44. The molecule has 1 aliphatic heterocycles. The summed E-state index contributed by atoms with van der Waals surface area (Å²) in [6.07, 6.45) is 6.53. The Hall–Kier alpha value is -1.95. The molecule has 170 valence electrons. The number of nitrogens with zero attached hydrogens (tertiary/aromatic N) is 3. The number of benzene rings is 2. The molecule has 2 aromatic carbocycles. The third-order valence-electron chi connectivity index (χ3n) is 7.24. The second kappa shape index (κ2) is 8.77. The summed E-state index contributed by atoms with van der Waals surface area (Å²) in [5.74, 6) is 0.561. The molecular formula is C26H31ClFN3O. The Bertz CT molecular complexity index is 1080. The number of rotatable bonds is 7. The first-order chi connectivity index (χ1) is 15.4. The zero-order valence-corrected chi connectivity index (χ0v) is 19.6. The zero-order chi connectivity index (χ0) is 22.3. The molecular weight excluding hydrogens is 425 g/mol. The third kappa shape index (κ3) is 4.57. The lowest BCUT2D eigenvalue weighted by Gasteiger charge is -2.41. The van der Waals surface area contributed by atoms with Crippen LogP contribution in [0.1, 0.15) is 49.8 Å². The highest BCUT2D eigenvalue weighted by molar-refractivity contribution is 6.31. The smallest absolute Gasteiger partial charge is 0.123 e. The second-order valence-corrected chi connectivity index (χ2v) is 10.2. The Balaban J connectivity index is 1.39. The zero-order valence-electron chi connectivity index (χ0n) is 18.9. The van der Waals surface area contributed by atoms with Gasteiger partial charge in [-0.3, -0.25) is 4.68 Å². The summed E-state index contributed by atoms with van der Waals surface area (Å²) < 4.78 is 22.2. The fraction of sp³-hybridized carbons (Fsp3) is 0.500. The molecule has 0 amide bonds. The summed E-state index contributed by atoms with van der Waals surface area (Å²) in [5, 5.41) is 6.65. The second-order valence-electron chi connectivity index (χ2n) is 9.77. The molecule has 32 heavy (non-hydrogen) atoms. The van der Waals surface area contributed by atoms with Gasteiger partial charge in [0, 0.05) is 34.1 Å². The van der Waals surface area contributed by atoms with Crippen molar-refractivity contribution in [1.29, 1.82) is 0 Å². The predicted molar refractivity (Wildman–Crippen MR) is 127 cm³/mol. The van der Waals surface area contributed by atoms with Crippen molar-refractivity contribution in [2.24, 2.45) is 5.92 Å². The van der Waals surface area contributed by atoms with E-state index in [9.17, 15) is 4.39 Å². The number of likely N-dealkylation sites (tertiary alicyclic amines) is 1. The molecule has 4 nitrogen and oxygen atoms in total. The molecule has 0 radical (unpaired) electrons. The Labute approximate surface area is 194 Å². The van der Waals surface area contributed by atoms with Gasteiger partial charge in [0.2, 0.25) is 0 Å². The molecule has 0 bridgehead atoms. The van der Waals surface area contributed by atoms with Crippen molar-refractivity contribution in [3.8, 4) is 0 Å². The van der Waals surface area contributed by atoms with E-state index in [0.29, 0.717) is 11.6 Å². The summed E-state index contributed by atoms with van der Waals surface area (Å²) in [7, 11) is 2.15. The van der Waals surface area contributed by atoms with E-state index >= 15 is 0 Å². The van der Waals surface area contributed by atoms with Crippen LogP contribution in [0.5, 0.6) is 0 Å². The predicted octanol–water partition coefficient (Wildman–Crippen LogP) is 5.98. The lowest BCUT2D eigenvalue weighted by molar-refractivity contribution is 0.00695. The molecule has 2 fully saturated rings. The summed E-state index contributed by atoms with van der Waals surface area (Å²) >= 11 is 6.46. The number of fused-ring (bicyclic) bond motifs is 1. The van der Waals surface area contributed by atoms with Crippen LogP contribution >= 0.6 is 11.6 Å². The minimum absolute atomic E-state index is 0.114. The molecule has 1 aliphatic carbocycles. The molecule has 2 aliphatic rings. The van der Waals surface area contributed by atoms with E-state index in [-0.39, 0.29) is 17.3 Å². The minimum Gasteiger partial charge on any atom is -0.373 e. The van der Waals surface area contributed by atoms with Gasteiger partial charge in [-0.15, -0.1) is 0 Å². The van der Waals surface area contributed by atoms with Crippen LogP contribution in [-0.2, 0) is 16.7 Å². The number of halogens is 2. The molecule has 3 aromatic rings. The van der Waals surface area contributed by atoms with Crippen LogP contribution < -0.4 is 0 Å². The van der Waals surface area contributed by atoms with Crippen molar-refractivity contribution in [1.82, 2.24) is 14.7 Å². The first-order valence-corrected chi connectivity index (χ1v) is 12.0. The average Bonchev–Trinajstić information content (AvgIpc) is 3.50. The molecule has 1 saturated carbocycles. The van der Waals surface area contributed by atoms with Crippen LogP contribution in [0.3, 0.4) is 0 Å². The van der Waals surface area contributed by atoms with Gasteiger partial charge < -0.3 is 9.64 Å². The average molecular weight is 456 g/mol. The van der Waals surface area contributed by atoms with Crippen LogP contribution in [0, 0.1) is 11.7 Å². The van der Waals surface area contributed by atoms with Crippen LogP contribution in [0.25, 0.3) is 10.9 Å². The van der Waals surface area contributed by atoms with Gasteiger partial charge in [0.15, 0.2) is 0 Å². The normalized spacial score (nSPS) is 20.0. The third-order valence-corrected chi connectivity index (χ3v) is 7.46. The largest absolute Gasteiger partial charge is 0.373 e. The number of hydrogen-bond donors (Lipinski definition) is 0. The van der Waals surface area contributed by atoms with Crippen molar-refractivity contribution in [3.05, 3.63) is 64.6 Å². The molecule has 0 N–H and O–H groups in total. The van der Waals surface area contributed by atoms with Gasteiger partial charge in [-0.25, -0.2) is 4.39 Å². The summed E-state index contributed by atoms with van der Waals surface area (Å²) in [4.78, 5) is 2.35. The van der Waals surface area contributed by atoms with E-state index in [1.54, 1.807) is 12.1 Å². The maximum atomic E-state index is 13.6. The van der Waals surface area contributed by atoms with Crippen molar-refractivity contribution in [2.75, 3.05) is 26.7 Å². The van der Waals surface area contributed by atoms with Gasteiger partial charge in [0.05, 0.1) is 18.2 Å². The highest BCUT2D eigenvalue weighted by Gasteiger charge is 2.36. The molecule has 1 unspecified atom stereocenters. The monoisotopic (exact) mass is 455 g/mol. The maximum absolute atomic E-state index is 13.6. The van der Waals surface area contributed by atoms with Crippen molar-refractivity contribution in [3.63, 3.8) is 0 Å². The maximum Gasteiger partial charge on any atom is 0.123 e. The fourth-order valence-electron chi connectivity index (χ4n) is 4.88. The van der Waals surface area contributed by atoms with Crippen LogP contribution in [0.15, 0.2) is 42.6 Å². The molecule has 0 spiro atoms. The summed E-state index contributed by atoms with van der Waals surface area (Å²) in [6.45, 7) is 5.65. The van der Waals surface area contributed by atoms with Crippen molar-refractivity contribution >= 4 is 22.5 Å². The quantitative estimate of drug-likeness (QED) is 0.439. The summed E-state index contributed by atoms with van der Waals surface area (Å²) in [6, 6.07) is 10.9. The van der Waals surface area contributed by atoms with E-state index in [2.05, 4.69) is 29.7 Å². The summed E-state index contributed by atoms with van der Waals surface area (Å²) in [5.41, 5.74) is 3.05. The lowest BCUT2D eigenvalue weighted by atomic mass is 9.73. The van der Waals surface area contributed by atoms with E-state index in [4.69, 9.17) is 21.4 Å². The van der Waals surface area contributed by atoms with Gasteiger partial charge >= 0.3 is 0 Å². The Morgan fingerprint density at radius 2 is 1.91 bits per heavy atom. The molecule has 6 heteroatoms. The Morgan fingerprint density at radius 1 is 1.19 bits per heavy atom. The minimum atomic E-state index is -0.200. The van der Waals surface area contributed by atoms with Crippen LogP contribution in [0.2, 0.25) is 5.02 Å². The van der Waals surface area contributed by atoms with E-state index in [0.717, 1.165) is 60.4 Å². The number of hydrogen-bond acceptors (Lipinski definition) is 3. The fourth-order valence-corrected chi connectivity index (χ4v) is 5.12. The highest BCUT2D eigenvalue weighted by atomic mass is 35.5. The Morgan fingerprint density at radius 3 is 2.59 bits per heavy atom.